The fourth-order valence-electron chi connectivity index (χ4n) is 1.91. The zero-order valence-corrected chi connectivity index (χ0v) is 11.6. The molecule has 2 aromatic rings. The molecule has 0 radical (unpaired) electrons. The van der Waals surface area contributed by atoms with Crippen LogP contribution in [0.3, 0.4) is 0 Å². The van der Waals surface area contributed by atoms with Crippen molar-refractivity contribution in [3.63, 3.8) is 0 Å². The van der Waals surface area contributed by atoms with Crippen molar-refractivity contribution in [2.45, 2.75) is 33.7 Å². The number of aryl methyl sites for hydroxylation is 2. The molecule has 100 valence electrons. The maximum atomic E-state index is 4.53. The van der Waals surface area contributed by atoms with Crippen LogP contribution in [0.4, 0.5) is 0 Å². The molecule has 0 saturated carbocycles. The minimum atomic E-state index is 0.641. The van der Waals surface area contributed by atoms with Crippen molar-refractivity contribution in [2.75, 3.05) is 6.54 Å². The van der Waals surface area contributed by atoms with E-state index >= 15 is 0 Å². The number of aromatic nitrogens is 4. The quantitative estimate of drug-likeness (QED) is 0.830. The molecule has 0 aliphatic heterocycles. The van der Waals surface area contributed by atoms with E-state index in [1.807, 2.05) is 13.8 Å². The maximum Gasteiger partial charge on any atom is 0.180 e. The Morgan fingerprint density at radius 2 is 1.84 bits per heavy atom. The van der Waals surface area contributed by atoms with Crippen LogP contribution in [0.2, 0.25) is 0 Å². The molecule has 0 saturated heterocycles. The first kappa shape index (κ1) is 13.5. The summed E-state index contributed by atoms with van der Waals surface area (Å²) in [5, 5.41) is 3.38. The van der Waals surface area contributed by atoms with Crippen LogP contribution in [-0.4, -0.2) is 26.5 Å². The highest BCUT2D eigenvalue weighted by Crippen LogP contribution is 2.16. The van der Waals surface area contributed by atoms with Crippen molar-refractivity contribution in [3.05, 3.63) is 35.5 Å². The van der Waals surface area contributed by atoms with Gasteiger partial charge in [-0.15, -0.1) is 0 Å². The number of nitrogens with zero attached hydrogens (tertiary/aromatic N) is 4. The summed E-state index contributed by atoms with van der Waals surface area (Å²) in [6.45, 7) is 7.99. The number of hydrogen-bond acceptors (Lipinski definition) is 5. The van der Waals surface area contributed by atoms with Crippen molar-refractivity contribution >= 4 is 0 Å². The van der Waals surface area contributed by atoms with Gasteiger partial charge in [-0.05, 0) is 26.8 Å². The summed E-state index contributed by atoms with van der Waals surface area (Å²) in [7, 11) is 0. The lowest BCUT2D eigenvalue weighted by molar-refractivity contribution is 0.665. The minimum absolute atomic E-state index is 0.641. The van der Waals surface area contributed by atoms with E-state index < -0.39 is 0 Å². The van der Waals surface area contributed by atoms with Crippen LogP contribution in [0.5, 0.6) is 0 Å². The molecule has 0 aliphatic rings. The van der Waals surface area contributed by atoms with Crippen LogP contribution in [0.15, 0.2) is 18.6 Å². The molecule has 0 bridgehead atoms. The monoisotopic (exact) mass is 257 g/mol. The molecule has 5 nitrogen and oxygen atoms in total. The van der Waals surface area contributed by atoms with Crippen LogP contribution in [0, 0.1) is 13.8 Å². The van der Waals surface area contributed by atoms with E-state index in [4.69, 9.17) is 0 Å². The molecule has 0 fully saturated rings. The standard InChI is InChI=1S/C14H19N5/c1-4-5-15-8-12-10(2)18-14(19-11(12)3)13-9-16-6-7-17-13/h6-7,9,15H,4-5,8H2,1-3H3. The van der Waals surface area contributed by atoms with Gasteiger partial charge in [0, 0.05) is 35.9 Å². The van der Waals surface area contributed by atoms with E-state index in [1.165, 1.54) is 5.56 Å². The number of hydrogen-bond donors (Lipinski definition) is 1. The molecule has 2 aromatic heterocycles. The zero-order valence-electron chi connectivity index (χ0n) is 11.6. The summed E-state index contributed by atoms with van der Waals surface area (Å²) < 4.78 is 0. The molecule has 0 unspecified atom stereocenters. The average Bonchev–Trinajstić information content (AvgIpc) is 2.43. The fraction of sp³-hybridized carbons (Fsp3) is 0.429. The van der Waals surface area contributed by atoms with E-state index in [2.05, 4.69) is 32.2 Å². The van der Waals surface area contributed by atoms with E-state index in [0.717, 1.165) is 30.9 Å². The Hall–Kier alpha value is -1.88. The molecular weight excluding hydrogens is 238 g/mol. The third-order valence-corrected chi connectivity index (χ3v) is 2.94. The Kier molecular flexibility index (Phi) is 4.52. The minimum Gasteiger partial charge on any atom is -0.313 e. The highest BCUT2D eigenvalue weighted by molar-refractivity contribution is 5.48. The van der Waals surface area contributed by atoms with Gasteiger partial charge in [0.05, 0.1) is 6.20 Å². The van der Waals surface area contributed by atoms with Gasteiger partial charge in [-0.3, -0.25) is 4.98 Å². The molecule has 2 heterocycles. The van der Waals surface area contributed by atoms with Gasteiger partial charge in [0.25, 0.3) is 0 Å². The molecule has 0 amide bonds. The second kappa shape index (κ2) is 6.33. The molecule has 5 heteroatoms. The Bertz CT molecular complexity index is 516. The number of nitrogens with one attached hydrogen (secondary N) is 1. The first-order valence-corrected chi connectivity index (χ1v) is 6.53. The van der Waals surface area contributed by atoms with E-state index in [9.17, 15) is 0 Å². The topological polar surface area (TPSA) is 63.6 Å². The third-order valence-electron chi connectivity index (χ3n) is 2.94. The third kappa shape index (κ3) is 3.32. The largest absolute Gasteiger partial charge is 0.313 e. The molecule has 2 rings (SSSR count). The summed E-state index contributed by atoms with van der Waals surface area (Å²) >= 11 is 0. The molecule has 0 aromatic carbocycles. The van der Waals surface area contributed by atoms with Crippen LogP contribution in [-0.2, 0) is 6.54 Å². The second-order valence-electron chi connectivity index (χ2n) is 4.46. The predicted molar refractivity (Wildman–Crippen MR) is 74.5 cm³/mol. The van der Waals surface area contributed by atoms with E-state index in [1.54, 1.807) is 18.6 Å². The Morgan fingerprint density at radius 3 is 2.42 bits per heavy atom. The first-order chi connectivity index (χ1) is 9.22. The molecule has 0 aliphatic carbocycles. The predicted octanol–water partition coefficient (Wildman–Crippen LogP) is 2.05. The fourth-order valence-corrected chi connectivity index (χ4v) is 1.91. The summed E-state index contributed by atoms with van der Waals surface area (Å²) in [6.07, 6.45) is 6.10. The second-order valence-corrected chi connectivity index (χ2v) is 4.46. The summed E-state index contributed by atoms with van der Waals surface area (Å²) in [5.41, 5.74) is 3.87. The van der Waals surface area contributed by atoms with Gasteiger partial charge >= 0.3 is 0 Å². The highest BCUT2D eigenvalue weighted by Gasteiger charge is 2.10. The van der Waals surface area contributed by atoms with Crippen LogP contribution < -0.4 is 5.32 Å². The smallest absolute Gasteiger partial charge is 0.180 e. The zero-order chi connectivity index (χ0) is 13.7. The lowest BCUT2D eigenvalue weighted by atomic mass is 10.1. The average molecular weight is 257 g/mol. The molecule has 1 N–H and O–H groups in total. The normalized spacial score (nSPS) is 10.7. The van der Waals surface area contributed by atoms with Gasteiger partial charge in [0.1, 0.15) is 5.69 Å². The van der Waals surface area contributed by atoms with Gasteiger partial charge in [0.15, 0.2) is 5.82 Å². The lowest BCUT2D eigenvalue weighted by Crippen LogP contribution is -2.17. The Morgan fingerprint density at radius 1 is 1.11 bits per heavy atom. The van der Waals surface area contributed by atoms with E-state index in [0.29, 0.717) is 11.5 Å². The molecular formula is C14H19N5. The Balaban J connectivity index is 2.26. The molecule has 19 heavy (non-hydrogen) atoms. The van der Waals surface area contributed by atoms with Crippen molar-refractivity contribution < 1.29 is 0 Å². The molecule has 0 spiro atoms. The van der Waals surface area contributed by atoms with Crippen molar-refractivity contribution in [1.82, 2.24) is 25.3 Å². The van der Waals surface area contributed by atoms with Crippen LogP contribution in [0.1, 0.15) is 30.3 Å². The van der Waals surface area contributed by atoms with Crippen molar-refractivity contribution in [1.29, 1.82) is 0 Å². The maximum absolute atomic E-state index is 4.53. The van der Waals surface area contributed by atoms with Crippen LogP contribution >= 0.6 is 0 Å². The highest BCUT2D eigenvalue weighted by atomic mass is 15.0. The van der Waals surface area contributed by atoms with Gasteiger partial charge in [-0.1, -0.05) is 6.92 Å². The Labute approximate surface area is 113 Å². The summed E-state index contributed by atoms with van der Waals surface area (Å²) in [5.74, 6) is 0.641. The summed E-state index contributed by atoms with van der Waals surface area (Å²) in [6, 6.07) is 0. The van der Waals surface area contributed by atoms with E-state index in [-0.39, 0.29) is 0 Å². The van der Waals surface area contributed by atoms with Crippen molar-refractivity contribution in [2.24, 2.45) is 0 Å². The summed E-state index contributed by atoms with van der Waals surface area (Å²) in [4.78, 5) is 17.3. The van der Waals surface area contributed by atoms with Gasteiger partial charge < -0.3 is 5.32 Å². The van der Waals surface area contributed by atoms with Gasteiger partial charge in [-0.25, -0.2) is 15.0 Å². The van der Waals surface area contributed by atoms with Crippen LogP contribution in [0.25, 0.3) is 11.5 Å². The van der Waals surface area contributed by atoms with Gasteiger partial charge in [0.2, 0.25) is 0 Å². The van der Waals surface area contributed by atoms with Crippen molar-refractivity contribution in [3.8, 4) is 11.5 Å². The lowest BCUT2D eigenvalue weighted by Gasteiger charge is -2.11. The molecule has 0 atom stereocenters. The first-order valence-electron chi connectivity index (χ1n) is 6.53. The SMILES string of the molecule is CCCNCc1c(C)nc(-c2cnccn2)nc1C. The number of rotatable bonds is 5. The van der Waals surface area contributed by atoms with Gasteiger partial charge in [-0.2, -0.15) is 0 Å².